The highest BCUT2D eigenvalue weighted by atomic mass is 16.5. The van der Waals surface area contributed by atoms with E-state index >= 15 is 0 Å². The van der Waals surface area contributed by atoms with Gasteiger partial charge in [0, 0.05) is 12.6 Å². The van der Waals surface area contributed by atoms with Gasteiger partial charge in [-0.2, -0.15) is 0 Å². The van der Waals surface area contributed by atoms with E-state index in [0.29, 0.717) is 13.0 Å². The molecule has 0 rings (SSSR count). The molecule has 94 valence electrons. The lowest BCUT2D eigenvalue weighted by molar-refractivity contribution is -0.145. The van der Waals surface area contributed by atoms with Crippen LogP contribution in [0.2, 0.25) is 0 Å². The van der Waals surface area contributed by atoms with Crippen molar-refractivity contribution in [2.45, 2.75) is 26.3 Å². The standard InChI is InChI=1S/C11H21NO4/c1-8(11(14)16-5)7-12(3)9(2)6-10(13)15-4/h8-9H,6-7H2,1-5H3. The molecule has 0 aliphatic carbocycles. The molecule has 0 N–H and O–H groups in total. The summed E-state index contributed by atoms with van der Waals surface area (Å²) in [5.41, 5.74) is 0. The highest BCUT2D eigenvalue weighted by Crippen LogP contribution is 2.07. The normalized spacial score (nSPS) is 14.4. The maximum absolute atomic E-state index is 11.2. The highest BCUT2D eigenvalue weighted by Gasteiger charge is 2.20. The third kappa shape index (κ3) is 5.11. The molecule has 0 aromatic rings. The van der Waals surface area contributed by atoms with E-state index in [1.165, 1.54) is 14.2 Å². The van der Waals surface area contributed by atoms with Crippen LogP contribution in [0.1, 0.15) is 20.3 Å². The van der Waals surface area contributed by atoms with Crippen LogP contribution in [0.3, 0.4) is 0 Å². The molecule has 0 aromatic heterocycles. The first-order chi connectivity index (χ1) is 7.42. The molecule has 0 aromatic carbocycles. The Morgan fingerprint density at radius 2 is 1.75 bits per heavy atom. The Bertz CT molecular complexity index is 242. The summed E-state index contributed by atoms with van der Waals surface area (Å²) in [6.45, 7) is 4.28. The van der Waals surface area contributed by atoms with Gasteiger partial charge in [-0.15, -0.1) is 0 Å². The van der Waals surface area contributed by atoms with Crippen molar-refractivity contribution in [2.75, 3.05) is 27.8 Å². The van der Waals surface area contributed by atoms with Crippen LogP contribution in [0.5, 0.6) is 0 Å². The van der Waals surface area contributed by atoms with Gasteiger partial charge in [0.25, 0.3) is 0 Å². The Hall–Kier alpha value is -1.10. The SMILES string of the molecule is COC(=O)CC(C)N(C)CC(C)C(=O)OC. The third-order valence-electron chi connectivity index (χ3n) is 2.61. The van der Waals surface area contributed by atoms with Gasteiger partial charge >= 0.3 is 11.9 Å². The molecule has 0 saturated carbocycles. The van der Waals surface area contributed by atoms with Gasteiger partial charge in [0.05, 0.1) is 26.6 Å². The van der Waals surface area contributed by atoms with E-state index in [9.17, 15) is 9.59 Å². The van der Waals surface area contributed by atoms with Crippen molar-refractivity contribution in [1.29, 1.82) is 0 Å². The summed E-state index contributed by atoms with van der Waals surface area (Å²) < 4.78 is 9.23. The second-order valence-electron chi connectivity index (χ2n) is 3.99. The summed E-state index contributed by atoms with van der Waals surface area (Å²) in [4.78, 5) is 24.2. The third-order valence-corrected chi connectivity index (χ3v) is 2.61. The predicted octanol–water partition coefficient (Wildman–Crippen LogP) is 0.679. The lowest BCUT2D eigenvalue weighted by atomic mass is 10.1. The summed E-state index contributed by atoms with van der Waals surface area (Å²) >= 11 is 0. The van der Waals surface area contributed by atoms with Crippen LogP contribution in [0, 0.1) is 5.92 Å². The number of methoxy groups -OCH3 is 2. The van der Waals surface area contributed by atoms with Crippen LogP contribution in [-0.2, 0) is 19.1 Å². The average molecular weight is 231 g/mol. The number of nitrogens with zero attached hydrogens (tertiary/aromatic N) is 1. The van der Waals surface area contributed by atoms with Crippen LogP contribution in [0.25, 0.3) is 0 Å². The first kappa shape index (κ1) is 14.9. The van der Waals surface area contributed by atoms with E-state index in [1.807, 2.05) is 18.9 Å². The molecular formula is C11H21NO4. The van der Waals surface area contributed by atoms with Gasteiger partial charge in [-0.05, 0) is 14.0 Å². The molecule has 0 spiro atoms. The molecule has 5 nitrogen and oxygen atoms in total. The maximum atomic E-state index is 11.2. The van der Waals surface area contributed by atoms with Gasteiger partial charge < -0.3 is 14.4 Å². The molecule has 0 bridgehead atoms. The highest BCUT2D eigenvalue weighted by molar-refractivity contribution is 5.72. The minimum Gasteiger partial charge on any atom is -0.469 e. The summed E-state index contributed by atoms with van der Waals surface area (Å²) in [6, 6.07) is 0.0413. The van der Waals surface area contributed by atoms with Gasteiger partial charge in [0.15, 0.2) is 0 Å². The van der Waals surface area contributed by atoms with Gasteiger partial charge in [-0.3, -0.25) is 9.59 Å². The van der Waals surface area contributed by atoms with Crippen molar-refractivity contribution in [2.24, 2.45) is 5.92 Å². The molecule has 0 saturated heterocycles. The fourth-order valence-corrected chi connectivity index (χ4v) is 1.37. The van der Waals surface area contributed by atoms with Gasteiger partial charge in [-0.25, -0.2) is 0 Å². The zero-order chi connectivity index (χ0) is 12.7. The first-order valence-corrected chi connectivity index (χ1v) is 5.27. The quantitative estimate of drug-likeness (QED) is 0.629. The molecule has 0 heterocycles. The van der Waals surface area contributed by atoms with Crippen LogP contribution in [0.15, 0.2) is 0 Å². The van der Waals surface area contributed by atoms with E-state index in [1.54, 1.807) is 6.92 Å². The van der Waals surface area contributed by atoms with Crippen molar-refractivity contribution in [3.05, 3.63) is 0 Å². The average Bonchev–Trinajstić information content (AvgIpc) is 2.27. The number of rotatable bonds is 6. The van der Waals surface area contributed by atoms with Crippen molar-refractivity contribution < 1.29 is 19.1 Å². The van der Waals surface area contributed by atoms with E-state index in [2.05, 4.69) is 9.47 Å². The zero-order valence-corrected chi connectivity index (χ0v) is 10.6. The van der Waals surface area contributed by atoms with Crippen molar-refractivity contribution in [3.8, 4) is 0 Å². The number of carbonyl (C=O) groups is 2. The molecule has 0 aliphatic rings. The van der Waals surface area contributed by atoms with E-state index in [4.69, 9.17) is 0 Å². The first-order valence-electron chi connectivity index (χ1n) is 5.27. The van der Waals surface area contributed by atoms with Crippen LogP contribution in [0.4, 0.5) is 0 Å². The number of hydrogen-bond donors (Lipinski definition) is 0. The topological polar surface area (TPSA) is 55.8 Å². The fourth-order valence-electron chi connectivity index (χ4n) is 1.37. The number of carbonyl (C=O) groups excluding carboxylic acids is 2. The summed E-state index contributed by atoms with van der Waals surface area (Å²) in [5, 5.41) is 0. The Morgan fingerprint density at radius 3 is 2.19 bits per heavy atom. The van der Waals surface area contributed by atoms with E-state index < -0.39 is 0 Å². The number of ether oxygens (including phenoxy) is 2. The predicted molar refractivity (Wildman–Crippen MR) is 59.9 cm³/mol. The molecule has 0 aliphatic heterocycles. The monoisotopic (exact) mass is 231 g/mol. The largest absolute Gasteiger partial charge is 0.469 e. The molecule has 0 amide bonds. The second-order valence-corrected chi connectivity index (χ2v) is 3.99. The Morgan fingerprint density at radius 1 is 1.19 bits per heavy atom. The van der Waals surface area contributed by atoms with Crippen LogP contribution >= 0.6 is 0 Å². The Kier molecular flexibility index (Phi) is 6.72. The Balaban J connectivity index is 4.09. The van der Waals surface area contributed by atoms with Crippen LogP contribution in [-0.4, -0.2) is 50.7 Å². The van der Waals surface area contributed by atoms with Crippen molar-refractivity contribution in [3.63, 3.8) is 0 Å². The van der Waals surface area contributed by atoms with Crippen LogP contribution < -0.4 is 0 Å². The summed E-state index contributed by atoms with van der Waals surface area (Å²) in [7, 11) is 4.61. The molecule has 2 unspecified atom stereocenters. The molecule has 0 fully saturated rings. The molecular weight excluding hydrogens is 210 g/mol. The van der Waals surface area contributed by atoms with Gasteiger partial charge in [0.1, 0.15) is 0 Å². The van der Waals surface area contributed by atoms with E-state index in [0.717, 1.165) is 0 Å². The molecule has 5 heteroatoms. The maximum Gasteiger partial charge on any atom is 0.309 e. The number of esters is 2. The lowest BCUT2D eigenvalue weighted by Crippen LogP contribution is -2.37. The minimum atomic E-state index is -0.245. The lowest BCUT2D eigenvalue weighted by Gasteiger charge is -2.25. The second kappa shape index (κ2) is 7.22. The van der Waals surface area contributed by atoms with Gasteiger partial charge in [0.2, 0.25) is 0 Å². The molecule has 0 radical (unpaired) electrons. The summed E-state index contributed by atoms with van der Waals surface area (Å²) in [6.07, 6.45) is 0.320. The fraction of sp³-hybridized carbons (Fsp3) is 0.818. The molecule has 16 heavy (non-hydrogen) atoms. The zero-order valence-electron chi connectivity index (χ0n) is 10.6. The van der Waals surface area contributed by atoms with Crippen molar-refractivity contribution in [1.82, 2.24) is 4.90 Å². The summed E-state index contributed by atoms with van der Waals surface area (Å²) in [5.74, 6) is -0.683. The number of hydrogen-bond acceptors (Lipinski definition) is 5. The molecule has 2 atom stereocenters. The van der Waals surface area contributed by atoms with Crippen molar-refractivity contribution >= 4 is 11.9 Å². The Labute approximate surface area is 96.7 Å². The smallest absolute Gasteiger partial charge is 0.309 e. The minimum absolute atomic E-state index is 0.0413. The van der Waals surface area contributed by atoms with Gasteiger partial charge in [-0.1, -0.05) is 6.92 Å². The van der Waals surface area contributed by atoms with E-state index in [-0.39, 0.29) is 23.9 Å².